The fourth-order valence-corrected chi connectivity index (χ4v) is 2.41. The van der Waals surface area contributed by atoms with Crippen molar-refractivity contribution in [1.29, 1.82) is 0 Å². The van der Waals surface area contributed by atoms with Crippen LogP contribution in [0.25, 0.3) is 0 Å². The van der Waals surface area contributed by atoms with Crippen molar-refractivity contribution in [2.45, 2.75) is 64.1 Å². The Morgan fingerprint density at radius 3 is 2.28 bits per heavy atom. The van der Waals surface area contributed by atoms with Crippen LogP contribution in [0.15, 0.2) is 0 Å². The quantitative estimate of drug-likeness (QED) is 0.830. The third-order valence-corrected chi connectivity index (χ3v) is 3.15. The molecule has 3 unspecified atom stereocenters. The highest BCUT2D eigenvalue weighted by atomic mass is 19.4. The van der Waals surface area contributed by atoms with Crippen molar-refractivity contribution in [3.8, 4) is 0 Å². The van der Waals surface area contributed by atoms with E-state index in [1.165, 1.54) is 11.8 Å². The van der Waals surface area contributed by atoms with Gasteiger partial charge in [-0.05, 0) is 33.6 Å². The minimum Gasteiger partial charge on any atom is -0.392 e. The van der Waals surface area contributed by atoms with Crippen LogP contribution in [0.4, 0.5) is 13.2 Å². The molecular formula is C12H22F3NO2. The van der Waals surface area contributed by atoms with Crippen LogP contribution < -0.4 is 0 Å². The van der Waals surface area contributed by atoms with Crippen LogP contribution in [-0.2, 0) is 4.74 Å². The second-order valence-electron chi connectivity index (χ2n) is 5.18. The molecular weight excluding hydrogens is 247 g/mol. The molecule has 6 heteroatoms. The first-order valence-corrected chi connectivity index (χ1v) is 6.35. The zero-order chi connectivity index (χ0) is 13.9. The topological polar surface area (TPSA) is 32.7 Å². The third kappa shape index (κ3) is 4.10. The van der Waals surface area contributed by atoms with Crippen LogP contribution in [0.2, 0.25) is 0 Å². The van der Waals surface area contributed by atoms with Crippen LogP contribution in [0.3, 0.4) is 0 Å². The van der Waals surface area contributed by atoms with Gasteiger partial charge in [-0.3, -0.25) is 4.90 Å². The van der Waals surface area contributed by atoms with E-state index in [9.17, 15) is 18.3 Å². The third-order valence-electron chi connectivity index (χ3n) is 3.15. The molecule has 1 heterocycles. The summed E-state index contributed by atoms with van der Waals surface area (Å²) >= 11 is 0. The van der Waals surface area contributed by atoms with Crippen molar-refractivity contribution in [3.05, 3.63) is 0 Å². The molecule has 0 spiro atoms. The highest BCUT2D eigenvalue weighted by Crippen LogP contribution is 2.33. The number of halogens is 3. The zero-order valence-corrected chi connectivity index (χ0v) is 11.1. The van der Waals surface area contributed by atoms with Gasteiger partial charge in [0.2, 0.25) is 0 Å². The lowest BCUT2D eigenvalue weighted by molar-refractivity contribution is -0.216. The van der Waals surface area contributed by atoms with Crippen LogP contribution in [-0.4, -0.2) is 53.6 Å². The summed E-state index contributed by atoms with van der Waals surface area (Å²) in [6, 6.07) is -1.93. The number of alkyl halides is 3. The number of hydrogen-bond donors (Lipinski definition) is 1. The lowest BCUT2D eigenvalue weighted by Gasteiger charge is -2.39. The normalized spacial score (nSPS) is 24.8. The molecule has 1 fully saturated rings. The Labute approximate surface area is 106 Å². The van der Waals surface area contributed by atoms with Gasteiger partial charge in [-0.2, -0.15) is 13.2 Å². The number of rotatable bonds is 5. The lowest BCUT2D eigenvalue weighted by atomic mass is 10.0. The first kappa shape index (κ1) is 15.7. The molecule has 3 nitrogen and oxygen atoms in total. The summed E-state index contributed by atoms with van der Waals surface area (Å²) in [6.07, 6.45) is -4.86. The van der Waals surface area contributed by atoms with E-state index < -0.39 is 24.4 Å². The van der Waals surface area contributed by atoms with E-state index >= 15 is 0 Å². The van der Waals surface area contributed by atoms with E-state index in [-0.39, 0.29) is 12.6 Å². The fraction of sp³-hybridized carbons (Fsp3) is 1.00. The Kier molecular flexibility index (Phi) is 5.43. The number of nitrogens with zero attached hydrogens (tertiary/aromatic N) is 1. The zero-order valence-electron chi connectivity index (χ0n) is 11.1. The van der Waals surface area contributed by atoms with Crippen molar-refractivity contribution in [2.75, 3.05) is 13.2 Å². The maximum Gasteiger partial charge on any atom is 0.406 e. The maximum absolute atomic E-state index is 13.2. The predicted octanol–water partition coefficient (Wildman–Crippen LogP) is 2.19. The van der Waals surface area contributed by atoms with Crippen molar-refractivity contribution in [1.82, 2.24) is 4.90 Å². The molecule has 1 aliphatic heterocycles. The summed E-state index contributed by atoms with van der Waals surface area (Å²) in [5, 5.41) is 9.38. The number of ether oxygens (including phenoxy) is 1. The molecule has 1 rings (SSSR count). The largest absolute Gasteiger partial charge is 0.406 e. The molecule has 0 bridgehead atoms. The number of aliphatic hydroxyl groups is 1. The van der Waals surface area contributed by atoms with Gasteiger partial charge in [-0.25, -0.2) is 0 Å². The predicted molar refractivity (Wildman–Crippen MR) is 62.3 cm³/mol. The van der Waals surface area contributed by atoms with Crippen molar-refractivity contribution >= 4 is 0 Å². The Morgan fingerprint density at radius 1 is 1.33 bits per heavy atom. The second kappa shape index (κ2) is 6.21. The summed E-state index contributed by atoms with van der Waals surface area (Å²) in [4.78, 5) is 1.29. The summed E-state index contributed by atoms with van der Waals surface area (Å²) in [5.74, 6) is 0. The van der Waals surface area contributed by atoms with E-state index in [4.69, 9.17) is 4.74 Å². The molecule has 3 atom stereocenters. The average Bonchev–Trinajstić information content (AvgIpc) is 2.66. The molecule has 0 radical (unpaired) electrons. The average molecular weight is 269 g/mol. The smallest absolute Gasteiger partial charge is 0.392 e. The minimum absolute atomic E-state index is 0.00169. The van der Waals surface area contributed by atoms with E-state index in [2.05, 4.69) is 0 Å². The molecule has 108 valence electrons. The summed E-state index contributed by atoms with van der Waals surface area (Å²) in [5.41, 5.74) is 0. The van der Waals surface area contributed by atoms with Crippen LogP contribution >= 0.6 is 0 Å². The number of aliphatic hydroxyl groups excluding tert-OH is 1. The van der Waals surface area contributed by atoms with Crippen molar-refractivity contribution in [3.63, 3.8) is 0 Å². The van der Waals surface area contributed by atoms with Gasteiger partial charge >= 0.3 is 6.18 Å². The summed E-state index contributed by atoms with van der Waals surface area (Å²) < 4.78 is 44.9. The van der Waals surface area contributed by atoms with E-state index in [1.54, 1.807) is 13.8 Å². The van der Waals surface area contributed by atoms with Crippen LogP contribution in [0.5, 0.6) is 0 Å². The van der Waals surface area contributed by atoms with Gasteiger partial charge in [0, 0.05) is 19.2 Å². The van der Waals surface area contributed by atoms with Crippen LogP contribution in [0, 0.1) is 0 Å². The van der Waals surface area contributed by atoms with Gasteiger partial charge in [0.05, 0.1) is 12.2 Å². The number of hydrogen-bond acceptors (Lipinski definition) is 3. The lowest BCUT2D eigenvalue weighted by Crippen LogP contribution is -2.56. The van der Waals surface area contributed by atoms with Gasteiger partial charge in [-0.15, -0.1) is 0 Å². The van der Waals surface area contributed by atoms with Crippen LogP contribution in [0.1, 0.15) is 33.6 Å². The molecule has 0 aliphatic carbocycles. The van der Waals surface area contributed by atoms with Gasteiger partial charge in [0.15, 0.2) is 0 Å². The first-order valence-electron chi connectivity index (χ1n) is 6.35. The molecule has 0 aromatic rings. The molecule has 0 saturated carbocycles. The summed E-state index contributed by atoms with van der Waals surface area (Å²) in [6.45, 7) is 5.30. The molecule has 0 amide bonds. The van der Waals surface area contributed by atoms with Gasteiger partial charge < -0.3 is 9.84 Å². The van der Waals surface area contributed by atoms with Gasteiger partial charge in [0.25, 0.3) is 0 Å². The summed E-state index contributed by atoms with van der Waals surface area (Å²) in [7, 11) is 0. The maximum atomic E-state index is 13.2. The Hall–Kier alpha value is -0.330. The first-order chi connectivity index (χ1) is 8.23. The molecule has 18 heavy (non-hydrogen) atoms. The van der Waals surface area contributed by atoms with Gasteiger partial charge in [-0.1, -0.05) is 0 Å². The molecule has 0 aromatic carbocycles. The monoisotopic (exact) mass is 269 g/mol. The van der Waals surface area contributed by atoms with Crippen molar-refractivity contribution in [2.24, 2.45) is 0 Å². The minimum atomic E-state index is -4.34. The highest BCUT2D eigenvalue weighted by molar-refractivity contribution is 4.90. The van der Waals surface area contributed by atoms with E-state index in [0.717, 1.165) is 0 Å². The Bertz CT molecular complexity index is 250. The fourth-order valence-electron chi connectivity index (χ4n) is 2.41. The molecule has 0 aromatic heterocycles. The van der Waals surface area contributed by atoms with Crippen molar-refractivity contribution < 1.29 is 23.0 Å². The second-order valence-corrected chi connectivity index (χ2v) is 5.18. The van der Waals surface area contributed by atoms with E-state index in [1.807, 2.05) is 0 Å². The standard InChI is InChI=1S/C12H22F3NO2/c1-8(2)16(7-9(3)17)11(12(13,14)15)10-5-4-6-18-10/h8-11,17H,4-7H2,1-3H3. The molecule has 1 aliphatic rings. The SMILES string of the molecule is CC(O)CN(C(C)C)C(C1CCCO1)C(F)(F)F. The molecule has 1 saturated heterocycles. The van der Waals surface area contributed by atoms with E-state index in [0.29, 0.717) is 19.4 Å². The molecule has 1 N–H and O–H groups in total. The Morgan fingerprint density at radius 2 is 1.94 bits per heavy atom. The highest BCUT2D eigenvalue weighted by Gasteiger charge is 2.50. The Balaban J connectivity index is 2.90. The van der Waals surface area contributed by atoms with Gasteiger partial charge in [0.1, 0.15) is 6.04 Å².